The number of hydrogen-bond donors (Lipinski definition) is 1. The summed E-state index contributed by atoms with van der Waals surface area (Å²) in [5.74, 6) is 0. The van der Waals surface area contributed by atoms with Crippen LogP contribution in [0.15, 0.2) is 83.8 Å². The van der Waals surface area contributed by atoms with Crippen LogP contribution >= 0.6 is 0 Å². The zero-order valence-electron chi connectivity index (χ0n) is 16.4. The monoisotopic (exact) mass is 406 g/mol. The molecule has 1 aliphatic rings. The largest absolute Gasteiger partial charge is 0.299 e. The highest BCUT2D eigenvalue weighted by molar-refractivity contribution is 7.89. The molecular formula is C24H26N2O2S. The molecule has 0 atom stereocenters. The van der Waals surface area contributed by atoms with E-state index in [2.05, 4.69) is 33.9 Å². The van der Waals surface area contributed by atoms with E-state index in [9.17, 15) is 8.42 Å². The Morgan fingerprint density at radius 2 is 1.52 bits per heavy atom. The van der Waals surface area contributed by atoms with Gasteiger partial charge in [0.1, 0.15) is 0 Å². The quantitative estimate of drug-likeness (QED) is 0.602. The third-order valence-electron chi connectivity index (χ3n) is 5.41. The number of hydrogen-bond acceptors (Lipinski definition) is 3. The topological polar surface area (TPSA) is 49.4 Å². The van der Waals surface area contributed by atoms with Gasteiger partial charge in [0.15, 0.2) is 0 Å². The van der Waals surface area contributed by atoms with Crippen LogP contribution < -0.4 is 4.72 Å². The third-order valence-corrected chi connectivity index (χ3v) is 6.93. The van der Waals surface area contributed by atoms with Gasteiger partial charge >= 0.3 is 0 Å². The summed E-state index contributed by atoms with van der Waals surface area (Å²) in [7, 11) is -3.56. The van der Waals surface area contributed by atoms with Gasteiger partial charge in [-0.15, -0.1) is 0 Å². The Bertz CT molecular complexity index is 1070. The smallest absolute Gasteiger partial charge is 0.241 e. The molecule has 0 spiro atoms. The lowest BCUT2D eigenvalue weighted by molar-refractivity contribution is 0.251. The minimum absolute atomic E-state index is 0.332. The molecule has 0 aromatic heterocycles. The molecule has 150 valence electrons. The third kappa shape index (κ3) is 4.75. The molecule has 1 N–H and O–H groups in total. The molecule has 0 amide bonds. The van der Waals surface area contributed by atoms with E-state index in [1.54, 1.807) is 12.1 Å². The lowest BCUT2D eigenvalue weighted by Gasteiger charge is -2.28. The van der Waals surface area contributed by atoms with Gasteiger partial charge < -0.3 is 0 Å². The van der Waals surface area contributed by atoms with Crippen LogP contribution in [-0.2, 0) is 23.0 Å². The molecule has 0 saturated heterocycles. The van der Waals surface area contributed by atoms with Crippen LogP contribution in [0.1, 0.15) is 17.5 Å². The Kier molecular flexibility index (Phi) is 6.09. The summed E-state index contributed by atoms with van der Waals surface area (Å²) in [6.07, 6.45) is 1.85. The van der Waals surface area contributed by atoms with Gasteiger partial charge in [0.2, 0.25) is 10.0 Å². The standard InChI is InChI=1S/C24H26N2O2S/c27-29(28,24-14-7-6-13-23(24)21-10-2-1-3-11-21)25-16-8-17-26-18-15-20-9-4-5-12-22(20)19-26/h1-7,9-14,25H,8,15-19H2. The zero-order valence-corrected chi connectivity index (χ0v) is 17.2. The maximum atomic E-state index is 12.9. The fourth-order valence-electron chi connectivity index (χ4n) is 3.89. The minimum atomic E-state index is -3.56. The molecule has 3 aromatic carbocycles. The summed E-state index contributed by atoms with van der Waals surface area (Å²) in [6.45, 7) is 3.29. The molecule has 1 aliphatic heterocycles. The van der Waals surface area contributed by atoms with Crippen molar-refractivity contribution in [3.63, 3.8) is 0 Å². The SMILES string of the molecule is O=S(=O)(NCCCN1CCc2ccccc2C1)c1ccccc1-c1ccccc1. The average Bonchev–Trinajstić information content (AvgIpc) is 2.77. The van der Waals surface area contributed by atoms with Crippen LogP contribution in [0.25, 0.3) is 11.1 Å². The highest BCUT2D eigenvalue weighted by atomic mass is 32.2. The summed E-state index contributed by atoms with van der Waals surface area (Å²) in [6, 6.07) is 25.4. The fraction of sp³-hybridized carbons (Fsp3) is 0.250. The van der Waals surface area contributed by atoms with Crippen LogP contribution in [0.2, 0.25) is 0 Å². The van der Waals surface area contributed by atoms with Gasteiger partial charge in [-0.25, -0.2) is 13.1 Å². The van der Waals surface area contributed by atoms with Gasteiger partial charge in [-0.2, -0.15) is 0 Å². The highest BCUT2D eigenvalue weighted by Crippen LogP contribution is 2.26. The van der Waals surface area contributed by atoms with Gasteiger partial charge in [0, 0.05) is 25.2 Å². The molecule has 0 fully saturated rings. The summed E-state index contributed by atoms with van der Waals surface area (Å²) in [5.41, 5.74) is 4.45. The van der Waals surface area contributed by atoms with Gasteiger partial charge in [0.25, 0.3) is 0 Å². The maximum Gasteiger partial charge on any atom is 0.241 e. The van der Waals surface area contributed by atoms with Gasteiger partial charge in [0.05, 0.1) is 4.90 Å². The van der Waals surface area contributed by atoms with Crippen molar-refractivity contribution in [3.8, 4) is 11.1 Å². The molecule has 4 nitrogen and oxygen atoms in total. The second-order valence-corrected chi connectivity index (χ2v) is 9.14. The van der Waals surface area contributed by atoms with Crippen molar-refractivity contribution in [2.45, 2.75) is 24.3 Å². The van der Waals surface area contributed by atoms with Crippen LogP contribution in [0.4, 0.5) is 0 Å². The zero-order chi connectivity index (χ0) is 20.1. The van der Waals surface area contributed by atoms with Crippen molar-refractivity contribution in [1.82, 2.24) is 9.62 Å². The number of benzene rings is 3. The van der Waals surface area contributed by atoms with E-state index in [0.29, 0.717) is 11.4 Å². The number of rotatable bonds is 7. The van der Waals surface area contributed by atoms with Crippen LogP contribution in [0, 0.1) is 0 Å². The Balaban J connectivity index is 1.36. The predicted molar refractivity (Wildman–Crippen MR) is 117 cm³/mol. The van der Waals surface area contributed by atoms with E-state index in [1.807, 2.05) is 42.5 Å². The highest BCUT2D eigenvalue weighted by Gasteiger charge is 2.19. The summed E-state index contributed by atoms with van der Waals surface area (Å²) in [5, 5.41) is 0. The maximum absolute atomic E-state index is 12.9. The molecule has 5 heteroatoms. The van der Waals surface area contributed by atoms with E-state index >= 15 is 0 Å². The molecule has 29 heavy (non-hydrogen) atoms. The van der Waals surface area contributed by atoms with Gasteiger partial charge in [-0.1, -0.05) is 72.8 Å². The molecule has 0 saturated carbocycles. The molecule has 0 radical (unpaired) electrons. The second-order valence-electron chi connectivity index (χ2n) is 7.41. The van der Waals surface area contributed by atoms with Gasteiger partial charge in [-0.3, -0.25) is 4.90 Å². The number of nitrogens with one attached hydrogen (secondary N) is 1. The summed E-state index contributed by atoms with van der Waals surface area (Å²) < 4.78 is 28.6. The Morgan fingerprint density at radius 3 is 2.34 bits per heavy atom. The van der Waals surface area contributed by atoms with Crippen molar-refractivity contribution in [3.05, 3.63) is 90.0 Å². The molecule has 0 unspecified atom stereocenters. The first-order valence-electron chi connectivity index (χ1n) is 10.1. The molecule has 4 rings (SSSR count). The van der Waals surface area contributed by atoms with Crippen molar-refractivity contribution in [2.24, 2.45) is 0 Å². The first-order valence-corrected chi connectivity index (χ1v) is 11.5. The van der Waals surface area contributed by atoms with Crippen LogP contribution in [0.3, 0.4) is 0 Å². The molecule has 3 aromatic rings. The number of sulfonamides is 1. The lowest BCUT2D eigenvalue weighted by atomic mass is 10.00. The van der Waals surface area contributed by atoms with E-state index in [1.165, 1.54) is 11.1 Å². The summed E-state index contributed by atoms with van der Waals surface area (Å²) >= 11 is 0. The average molecular weight is 407 g/mol. The van der Waals surface area contributed by atoms with Crippen molar-refractivity contribution < 1.29 is 8.42 Å². The van der Waals surface area contributed by atoms with E-state index < -0.39 is 10.0 Å². The Labute approximate surface area is 173 Å². The molecular weight excluding hydrogens is 380 g/mol. The molecule has 0 aliphatic carbocycles. The van der Waals surface area contributed by atoms with Crippen LogP contribution in [-0.4, -0.2) is 33.0 Å². The normalized spacial score (nSPS) is 14.5. The van der Waals surface area contributed by atoms with E-state index in [0.717, 1.165) is 43.6 Å². The Morgan fingerprint density at radius 1 is 0.828 bits per heavy atom. The summed E-state index contributed by atoms with van der Waals surface area (Å²) in [4.78, 5) is 2.73. The second kappa shape index (κ2) is 8.91. The van der Waals surface area contributed by atoms with Gasteiger partial charge in [-0.05, 0) is 42.1 Å². The molecule has 1 heterocycles. The number of nitrogens with zero attached hydrogens (tertiary/aromatic N) is 1. The Hall–Kier alpha value is -2.47. The van der Waals surface area contributed by atoms with Crippen molar-refractivity contribution in [2.75, 3.05) is 19.6 Å². The van der Waals surface area contributed by atoms with E-state index in [4.69, 9.17) is 0 Å². The van der Waals surface area contributed by atoms with E-state index in [-0.39, 0.29) is 0 Å². The number of fused-ring (bicyclic) bond motifs is 1. The van der Waals surface area contributed by atoms with Crippen LogP contribution in [0.5, 0.6) is 0 Å². The predicted octanol–water partition coefficient (Wildman–Crippen LogP) is 4.08. The first kappa shape index (κ1) is 19.8. The minimum Gasteiger partial charge on any atom is -0.299 e. The van der Waals surface area contributed by atoms with Crippen molar-refractivity contribution >= 4 is 10.0 Å². The van der Waals surface area contributed by atoms with Crippen molar-refractivity contribution in [1.29, 1.82) is 0 Å². The molecule has 0 bridgehead atoms. The lowest BCUT2D eigenvalue weighted by Crippen LogP contribution is -2.33. The fourth-order valence-corrected chi connectivity index (χ4v) is 5.19. The first-order chi connectivity index (χ1) is 14.1.